The second-order valence-corrected chi connectivity index (χ2v) is 6.42. The normalized spacial score (nSPS) is 11.1. The van der Waals surface area contributed by atoms with Crippen molar-refractivity contribution in [2.75, 3.05) is 0 Å². The number of rotatable bonds is 3. The lowest BCUT2D eigenvalue weighted by atomic mass is 10.1. The van der Waals surface area contributed by atoms with Crippen LogP contribution in [0.4, 0.5) is 0 Å². The van der Waals surface area contributed by atoms with E-state index in [1.165, 1.54) is 0 Å². The second-order valence-electron chi connectivity index (χ2n) is 3.30. The molecule has 0 atom stereocenters. The third-order valence-corrected chi connectivity index (χ3v) is 2.87. The molecular weight excluding hydrogens is 235 g/mol. The smallest absolute Gasteiger partial charge is 0.274 e. The van der Waals surface area contributed by atoms with Crippen LogP contribution in [0.2, 0.25) is 13.1 Å². The highest BCUT2D eigenvalue weighted by atomic mass is 35.5. The van der Waals surface area contributed by atoms with Crippen molar-refractivity contribution in [2.45, 2.75) is 24.9 Å². The fraction of sp³-hybridized carbons (Fsp3) is 0.400. The lowest BCUT2D eigenvalue weighted by Gasteiger charge is -2.16. The molecule has 0 fully saturated rings. The molecule has 1 nitrogen and oxygen atoms in total. The summed E-state index contributed by atoms with van der Waals surface area (Å²) < 4.78 is 5.77. The molecule has 0 heterocycles. The van der Waals surface area contributed by atoms with E-state index in [1.54, 1.807) is 0 Å². The van der Waals surface area contributed by atoms with Gasteiger partial charge in [0.05, 0.1) is 0 Å². The summed E-state index contributed by atoms with van der Waals surface area (Å²) in [6.45, 7) is 6.16. The molecule has 1 aromatic rings. The first kappa shape index (κ1) is 11.9. The average molecular weight is 248 g/mol. The van der Waals surface area contributed by atoms with E-state index in [2.05, 4.69) is 13.1 Å². The quantitative estimate of drug-likeness (QED) is 0.578. The van der Waals surface area contributed by atoms with Crippen molar-refractivity contribution in [3.8, 4) is 5.75 Å². The Balaban J connectivity index is 3.09. The molecule has 77 valence electrons. The molecule has 0 spiro atoms. The predicted molar refractivity (Wildman–Crippen MR) is 63.7 cm³/mol. The van der Waals surface area contributed by atoms with E-state index in [0.29, 0.717) is 0 Å². The molecule has 1 rings (SSSR count). The second kappa shape index (κ2) is 5.05. The maximum atomic E-state index is 5.86. The van der Waals surface area contributed by atoms with Crippen LogP contribution < -0.4 is 4.43 Å². The number of para-hydroxylation sites is 1. The van der Waals surface area contributed by atoms with Crippen molar-refractivity contribution in [1.82, 2.24) is 0 Å². The van der Waals surface area contributed by atoms with Crippen molar-refractivity contribution in [3.63, 3.8) is 0 Å². The summed E-state index contributed by atoms with van der Waals surface area (Å²) in [7, 11) is -0.782. The van der Waals surface area contributed by atoms with Gasteiger partial charge in [-0.25, -0.2) is 0 Å². The first-order chi connectivity index (χ1) is 6.52. The molecule has 0 unspecified atom stereocenters. The number of hydrogen-bond donors (Lipinski definition) is 0. The Bertz CT molecular complexity index is 313. The zero-order valence-electron chi connectivity index (χ0n) is 8.47. The fourth-order valence-corrected chi connectivity index (χ4v) is 2.22. The zero-order valence-corrected chi connectivity index (χ0v) is 11.0. The van der Waals surface area contributed by atoms with Crippen LogP contribution in [0.3, 0.4) is 0 Å². The van der Waals surface area contributed by atoms with Crippen LogP contribution in [0.15, 0.2) is 18.2 Å². The SMILES string of the molecule is Cc1cccc(C(Cl)Cl)c1O[Si](C)C. The molecule has 0 aliphatic carbocycles. The van der Waals surface area contributed by atoms with Gasteiger partial charge in [0.1, 0.15) is 10.6 Å². The van der Waals surface area contributed by atoms with Crippen LogP contribution in [0.1, 0.15) is 16.0 Å². The third kappa shape index (κ3) is 2.90. The van der Waals surface area contributed by atoms with Gasteiger partial charge >= 0.3 is 0 Å². The third-order valence-electron chi connectivity index (χ3n) is 1.78. The summed E-state index contributed by atoms with van der Waals surface area (Å²) in [5, 5.41) is 0. The first-order valence-electron chi connectivity index (χ1n) is 4.38. The van der Waals surface area contributed by atoms with Crippen LogP contribution in [-0.2, 0) is 0 Å². The summed E-state index contributed by atoms with van der Waals surface area (Å²) in [4.78, 5) is -0.522. The van der Waals surface area contributed by atoms with Crippen molar-refractivity contribution >= 4 is 32.2 Å². The minimum atomic E-state index is -0.782. The number of hydrogen-bond acceptors (Lipinski definition) is 1. The Morgan fingerprint density at radius 2 is 1.93 bits per heavy atom. The van der Waals surface area contributed by atoms with Crippen LogP contribution in [0.25, 0.3) is 0 Å². The number of alkyl halides is 2. The first-order valence-corrected chi connectivity index (χ1v) is 7.66. The topological polar surface area (TPSA) is 9.23 Å². The number of benzene rings is 1. The summed E-state index contributed by atoms with van der Waals surface area (Å²) in [5.41, 5.74) is 1.94. The minimum absolute atomic E-state index is 0.522. The highest BCUT2D eigenvalue weighted by Crippen LogP contribution is 2.35. The fourth-order valence-electron chi connectivity index (χ4n) is 1.19. The Hall–Kier alpha value is -0.183. The minimum Gasteiger partial charge on any atom is -0.542 e. The van der Waals surface area contributed by atoms with Gasteiger partial charge < -0.3 is 4.43 Å². The standard InChI is InChI=1S/C10H13Cl2OSi/c1-7-5-4-6-8(10(11)12)9(7)13-14(2)3/h4-6,10H,1-3H3. The molecule has 0 N–H and O–H groups in total. The van der Waals surface area contributed by atoms with Crippen molar-refractivity contribution in [3.05, 3.63) is 29.3 Å². The number of aryl methyl sites for hydroxylation is 1. The largest absolute Gasteiger partial charge is 0.542 e. The lowest BCUT2D eigenvalue weighted by Crippen LogP contribution is -2.13. The average Bonchev–Trinajstić information content (AvgIpc) is 2.07. The molecule has 0 saturated heterocycles. The molecule has 0 amide bonds. The molecule has 4 heteroatoms. The monoisotopic (exact) mass is 247 g/mol. The van der Waals surface area contributed by atoms with Gasteiger partial charge in [0, 0.05) is 5.56 Å². The highest BCUT2D eigenvalue weighted by molar-refractivity contribution is 6.49. The van der Waals surface area contributed by atoms with Gasteiger partial charge in [-0.05, 0) is 25.6 Å². The number of halogens is 2. The Labute approximate surface area is 96.7 Å². The lowest BCUT2D eigenvalue weighted by molar-refractivity contribution is 0.569. The van der Waals surface area contributed by atoms with Gasteiger partial charge in [-0.15, -0.1) is 0 Å². The summed E-state index contributed by atoms with van der Waals surface area (Å²) in [5.74, 6) is 0.849. The van der Waals surface area contributed by atoms with Crippen molar-refractivity contribution < 1.29 is 4.43 Å². The molecule has 1 radical (unpaired) electrons. The Morgan fingerprint density at radius 1 is 1.29 bits per heavy atom. The molecule has 0 aromatic heterocycles. The molecule has 0 aliphatic heterocycles. The van der Waals surface area contributed by atoms with E-state index in [4.69, 9.17) is 27.6 Å². The summed E-state index contributed by atoms with van der Waals surface area (Å²) in [6.07, 6.45) is 0. The van der Waals surface area contributed by atoms with E-state index in [1.807, 2.05) is 25.1 Å². The molecule has 14 heavy (non-hydrogen) atoms. The van der Waals surface area contributed by atoms with Gasteiger partial charge in [0.2, 0.25) is 0 Å². The maximum absolute atomic E-state index is 5.86. The van der Waals surface area contributed by atoms with Crippen LogP contribution in [0, 0.1) is 6.92 Å². The Morgan fingerprint density at radius 3 is 2.43 bits per heavy atom. The van der Waals surface area contributed by atoms with Gasteiger partial charge in [-0.2, -0.15) is 0 Å². The van der Waals surface area contributed by atoms with Gasteiger partial charge in [-0.1, -0.05) is 41.4 Å². The molecule has 0 saturated carbocycles. The highest BCUT2D eigenvalue weighted by Gasteiger charge is 2.14. The zero-order chi connectivity index (χ0) is 10.7. The molecular formula is C10H13Cl2OSi. The molecule has 1 aromatic carbocycles. The van der Waals surface area contributed by atoms with Crippen LogP contribution >= 0.6 is 23.2 Å². The van der Waals surface area contributed by atoms with Crippen molar-refractivity contribution in [1.29, 1.82) is 0 Å². The van der Waals surface area contributed by atoms with E-state index in [-0.39, 0.29) is 0 Å². The molecule has 0 aliphatic rings. The van der Waals surface area contributed by atoms with Gasteiger partial charge in [0.25, 0.3) is 9.04 Å². The van der Waals surface area contributed by atoms with Gasteiger partial charge in [0.15, 0.2) is 0 Å². The van der Waals surface area contributed by atoms with Gasteiger partial charge in [-0.3, -0.25) is 0 Å². The summed E-state index contributed by atoms with van der Waals surface area (Å²) >= 11 is 11.7. The Kier molecular flexibility index (Phi) is 4.29. The van der Waals surface area contributed by atoms with Crippen LogP contribution in [0.5, 0.6) is 5.75 Å². The van der Waals surface area contributed by atoms with Crippen molar-refractivity contribution in [2.24, 2.45) is 0 Å². The summed E-state index contributed by atoms with van der Waals surface area (Å²) in [6, 6.07) is 5.84. The van der Waals surface area contributed by atoms with E-state index < -0.39 is 13.9 Å². The maximum Gasteiger partial charge on any atom is 0.274 e. The van der Waals surface area contributed by atoms with E-state index in [9.17, 15) is 0 Å². The predicted octanol–water partition coefficient (Wildman–Crippen LogP) is 4.10. The van der Waals surface area contributed by atoms with Crippen LogP contribution in [-0.4, -0.2) is 9.04 Å². The molecule has 0 bridgehead atoms. The van der Waals surface area contributed by atoms with E-state index in [0.717, 1.165) is 16.9 Å². The van der Waals surface area contributed by atoms with E-state index >= 15 is 0 Å².